The first-order chi connectivity index (χ1) is 16.0. The van der Waals surface area contributed by atoms with E-state index >= 15 is 0 Å². The largest absolute Gasteiger partial charge is 0.573 e. The summed E-state index contributed by atoms with van der Waals surface area (Å²) in [6, 6.07) is 15.7. The van der Waals surface area contributed by atoms with Crippen molar-refractivity contribution in [2.24, 2.45) is 0 Å². The quantitative estimate of drug-likeness (QED) is 0.386. The fourth-order valence-corrected chi connectivity index (χ4v) is 5.97. The van der Waals surface area contributed by atoms with E-state index in [9.17, 15) is 26.0 Å². The number of alkyl halides is 3. The summed E-state index contributed by atoms with van der Waals surface area (Å²) in [6.07, 6.45) is -3.06. The summed E-state index contributed by atoms with van der Waals surface area (Å²) in [7, 11) is -4.00. The van der Waals surface area contributed by atoms with Crippen LogP contribution in [0.25, 0.3) is 0 Å². The normalized spacial score (nSPS) is 16.3. The molecule has 0 amide bonds. The fourth-order valence-electron chi connectivity index (χ4n) is 4.23. The SMILES string of the molecule is Cc1ccc(S(=O)(=O)N2c3cc(F)ccc3CCC2CCc2cccc(OC(F)(F)F)c2)cc1. The minimum Gasteiger partial charge on any atom is -0.406 e. The molecule has 0 N–H and O–H groups in total. The number of halogens is 4. The minimum atomic E-state index is -4.80. The Morgan fingerprint density at radius 1 is 1.03 bits per heavy atom. The van der Waals surface area contributed by atoms with Gasteiger partial charge in [0.1, 0.15) is 11.6 Å². The zero-order valence-electron chi connectivity index (χ0n) is 18.3. The van der Waals surface area contributed by atoms with Crippen molar-refractivity contribution in [1.82, 2.24) is 0 Å². The van der Waals surface area contributed by atoms with E-state index < -0.39 is 28.2 Å². The molecular formula is C25H23F4NO3S. The van der Waals surface area contributed by atoms with Gasteiger partial charge in [-0.15, -0.1) is 13.2 Å². The van der Waals surface area contributed by atoms with Crippen LogP contribution in [-0.4, -0.2) is 20.8 Å². The molecule has 0 aliphatic carbocycles. The van der Waals surface area contributed by atoms with Gasteiger partial charge in [0, 0.05) is 6.04 Å². The highest BCUT2D eigenvalue weighted by Crippen LogP contribution is 2.37. The van der Waals surface area contributed by atoms with E-state index in [0.29, 0.717) is 36.9 Å². The van der Waals surface area contributed by atoms with E-state index in [1.165, 1.54) is 46.8 Å². The maximum Gasteiger partial charge on any atom is 0.573 e. The van der Waals surface area contributed by atoms with E-state index in [0.717, 1.165) is 11.1 Å². The Morgan fingerprint density at radius 3 is 2.47 bits per heavy atom. The lowest BCUT2D eigenvalue weighted by molar-refractivity contribution is -0.274. The molecule has 1 aliphatic rings. The molecule has 1 unspecified atom stereocenters. The lowest BCUT2D eigenvalue weighted by Crippen LogP contribution is -2.44. The van der Waals surface area contributed by atoms with Gasteiger partial charge < -0.3 is 4.74 Å². The van der Waals surface area contributed by atoms with Crippen molar-refractivity contribution < 1.29 is 30.7 Å². The van der Waals surface area contributed by atoms with Gasteiger partial charge in [-0.1, -0.05) is 35.9 Å². The van der Waals surface area contributed by atoms with Crippen LogP contribution < -0.4 is 9.04 Å². The van der Waals surface area contributed by atoms with E-state index in [4.69, 9.17) is 0 Å². The van der Waals surface area contributed by atoms with Crippen LogP contribution in [0, 0.1) is 12.7 Å². The summed E-state index contributed by atoms with van der Waals surface area (Å²) in [6.45, 7) is 1.85. The number of aryl methyl sites for hydroxylation is 3. The van der Waals surface area contributed by atoms with Gasteiger partial charge in [-0.05, 0) is 80.1 Å². The van der Waals surface area contributed by atoms with E-state index in [-0.39, 0.29) is 10.6 Å². The third-order valence-corrected chi connectivity index (χ3v) is 7.72. The van der Waals surface area contributed by atoms with Gasteiger partial charge in [0.05, 0.1) is 10.6 Å². The smallest absolute Gasteiger partial charge is 0.406 e. The van der Waals surface area contributed by atoms with Crippen LogP contribution in [0.4, 0.5) is 23.2 Å². The van der Waals surface area contributed by atoms with Crippen LogP contribution in [0.1, 0.15) is 29.5 Å². The molecule has 0 radical (unpaired) electrons. The van der Waals surface area contributed by atoms with E-state index in [1.54, 1.807) is 24.3 Å². The number of rotatable bonds is 6. The summed E-state index contributed by atoms with van der Waals surface area (Å²) in [5, 5.41) is 0. The predicted octanol–water partition coefficient (Wildman–Crippen LogP) is 6.18. The van der Waals surface area contributed by atoms with Gasteiger partial charge in [-0.2, -0.15) is 0 Å². The number of benzene rings is 3. The first-order valence-corrected chi connectivity index (χ1v) is 12.2. The third-order valence-electron chi connectivity index (χ3n) is 5.84. The van der Waals surface area contributed by atoms with Crippen molar-refractivity contribution in [2.75, 3.05) is 4.31 Å². The molecule has 0 spiro atoms. The molecule has 3 aromatic carbocycles. The summed E-state index contributed by atoms with van der Waals surface area (Å²) in [5.41, 5.74) is 2.51. The molecule has 0 bridgehead atoms. The summed E-state index contributed by atoms with van der Waals surface area (Å²) in [5.74, 6) is -0.870. The first kappa shape index (κ1) is 24.1. The van der Waals surface area contributed by atoms with Gasteiger partial charge in [-0.3, -0.25) is 4.31 Å². The van der Waals surface area contributed by atoms with Crippen molar-refractivity contribution in [1.29, 1.82) is 0 Å². The van der Waals surface area contributed by atoms with Crippen LogP contribution >= 0.6 is 0 Å². The number of fused-ring (bicyclic) bond motifs is 1. The Balaban J connectivity index is 1.65. The maximum atomic E-state index is 14.1. The van der Waals surface area contributed by atoms with Crippen molar-refractivity contribution in [3.8, 4) is 5.75 Å². The van der Waals surface area contributed by atoms with E-state index in [2.05, 4.69) is 4.74 Å². The fraction of sp³-hybridized carbons (Fsp3) is 0.280. The van der Waals surface area contributed by atoms with Gasteiger partial charge in [0.15, 0.2) is 0 Å². The lowest BCUT2D eigenvalue weighted by atomic mass is 9.94. The Morgan fingerprint density at radius 2 is 1.76 bits per heavy atom. The molecule has 180 valence electrons. The first-order valence-electron chi connectivity index (χ1n) is 10.8. The molecule has 1 atom stereocenters. The molecule has 9 heteroatoms. The van der Waals surface area contributed by atoms with Gasteiger partial charge in [-0.25, -0.2) is 12.8 Å². The lowest BCUT2D eigenvalue weighted by Gasteiger charge is -2.38. The summed E-state index contributed by atoms with van der Waals surface area (Å²) >= 11 is 0. The summed E-state index contributed by atoms with van der Waals surface area (Å²) in [4.78, 5) is 0.0979. The Labute approximate surface area is 195 Å². The van der Waals surface area contributed by atoms with Crippen molar-refractivity contribution in [2.45, 2.75) is 49.9 Å². The second kappa shape index (κ2) is 9.29. The molecule has 1 heterocycles. The van der Waals surface area contributed by atoms with Crippen LogP contribution in [-0.2, 0) is 22.9 Å². The highest BCUT2D eigenvalue weighted by molar-refractivity contribution is 7.92. The monoisotopic (exact) mass is 493 g/mol. The van der Waals surface area contributed by atoms with E-state index in [1.807, 2.05) is 6.92 Å². The second-order valence-electron chi connectivity index (χ2n) is 8.31. The number of hydrogen-bond donors (Lipinski definition) is 0. The van der Waals surface area contributed by atoms with Gasteiger partial charge in [0.25, 0.3) is 10.0 Å². The van der Waals surface area contributed by atoms with Gasteiger partial charge in [0.2, 0.25) is 0 Å². The zero-order chi connectivity index (χ0) is 24.5. The second-order valence-corrected chi connectivity index (χ2v) is 10.1. The highest BCUT2D eigenvalue weighted by atomic mass is 32.2. The average molecular weight is 494 g/mol. The highest BCUT2D eigenvalue weighted by Gasteiger charge is 2.36. The van der Waals surface area contributed by atoms with Crippen LogP contribution in [0.5, 0.6) is 5.75 Å². The van der Waals surface area contributed by atoms with Crippen LogP contribution in [0.15, 0.2) is 71.6 Å². The zero-order valence-corrected chi connectivity index (χ0v) is 19.2. The number of anilines is 1. The standard InChI is InChI=1S/C25H23F4NO3S/c1-17-5-13-23(14-6-17)34(31,32)30-21(12-9-19-8-10-20(26)16-24(19)30)11-7-18-3-2-4-22(15-18)33-25(27,28)29/h2-6,8,10,13-16,21H,7,9,11-12H2,1H3. The Bertz CT molecular complexity index is 1270. The minimum absolute atomic E-state index is 0.0979. The number of hydrogen-bond acceptors (Lipinski definition) is 3. The average Bonchev–Trinajstić information content (AvgIpc) is 2.76. The Hall–Kier alpha value is -3.07. The van der Waals surface area contributed by atoms with Crippen molar-refractivity contribution >= 4 is 15.7 Å². The maximum absolute atomic E-state index is 14.1. The number of nitrogens with zero attached hydrogens (tertiary/aromatic N) is 1. The number of ether oxygens (including phenoxy) is 1. The molecule has 1 aliphatic heterocycles. The molecule has 4 rings (SSSR count). The van der Waals surface area contributed by atoms with Crippen molar-refractivity contribution in [3.63, 3.8) is 0 Å². The van der Waals surface area contributed by atoms with Crippen molar-refractivity contribution in [3.05, 3.63) is 89.2 Å². The van der Waals surface area contributed by atoms with Crippen LogP contribution in [0.2, 0.25) is 0 Å². The molecule has 0 saturated carbocycles. The Kier molecular flexibility index (Phi) is 6.58. The summed E-state index contributed by atoms with van der Waals surface area (Å²) < 4.78 is 84.4. The molecule has 0 fully saturated rings. The van der Waals surface area contributed by atoms with Gasteiger partial charge >= 0.3 is 6.36 Å². The molecule has 34 heavy (non-hydrogen) atoms. The topological polar surface area (TPSA) is 46.6 Å². The molecule has 3 aromatic rings. The third kappa shape index (κ3) is 5.35. The molecule has 4 nitrogen and oxygen atoms in total. The number of sulfonamides is 1. The van der Waals surface area contributed by atoms with Crippen LogP contribution in [0.3, 0.4) is 0 Å². The molecule has 0 saturated heterocycles. The molecule has 0 aromatic heterocycles. The molecular weight excluding hydrogens is 470 g/mol. The predicted molar refractivity (Wildman–Crippen MR) is 121 cm³/mol.